The van der Waals surface area contributed by atoms with Crippen LogP contribution in [-0.2, 0) is 5.41 Å². The molecule has 0 unspecified atom stereocenters. The minimum Gasteiger partial charge on any atom is -0.256 e. The number of hydrogen-bond donors (Lipinski definition) is 0. The zero-order chi connectivity index (χ0) is 11.1. The summed E-state index contributed by atoms with van der Waals surface area (Å²) in [7, 11) is 0. The molecular weight excluding hydrogens is 182 g/mol. The predicted octanol–water partition coefficient (Wildman–Crippen LogP) is 3.84. The molecule has 0 aliphatic rings. The van der Waals surface area contributed by atoms with Crippen molar-refractivity contribution in [2.45, 2.75) is 33.1 Å². The molecule has 0 saturated carbocycles. The average Bonchev–Trinajstić information content (AvgIpc) is 2.16. The van der Waals surface area contributed by atoms with Gasteiger partial charge in [-0.15, -0.1) is 0 Å². The minimum atomic E-state index is 0.194. The van der Waals surface area contributed by atoms with Crippen LogP contribution in [-0.4, -0.2) is 4.98 Å². The van der Waals surface area contributed by atoms with Gasteiger partial charge in [-0.05, 0) is 35.6 Å². The molecule has 0 amide bonds. The van der Waals surface area contributed by atoms with Gasteiger partial charge in [0.15, 0.2) is 0 Å². The smallest absolute Gasteiger partial charge is 0.0707 e. The second-order valence-electron chi connectivity index (χ2n) is 5.11. The lowest BCUT2D eigenvalue weighted by Gasteiger charge is -2.19. The molecule has 15 heavy (non-hydrogen) atoms. The van der Waals surface area contributed by atoms with E-state index >= 15 is 0 Å². The van der Waals surface area contributed by atoms with E-state index in [-0.39, 0.29) is 5.41 Å². The molecule has 0 aliphatic heterocycles. The van der Waals surface area contributed by atoms with Crippen molar-refractivity contribution in [2.24, 2.45) is 0 Å². The molecular formula is C14H17N. The van der Waals surface area contributed by atoms with Crippen molar-refractivity contribution < 1.29 is 0 Å². The fourth-order valence-corrected chi connectivity index (χ4v) is 1.76. The van der Waals surface area contributed by atoms with Crippen LogP contribution in [0.4, 0.5) is 0 Å². The minimum absolute atomic E-state index is 0.194. The lowest BCUT2D eigenvalue weighted by atomic mass is 9.86. The summed E-state index contributed by atoms with van der Waals surface area (Å²) < 4.78 is 0. The molecule has 0 saturated heterocycles. The van der Waals surface area contributed by atoms with E-state index in [1.165, 1.54) is 16.5 Å². The number of pyridine rings is 1. The Morgan fingerprint density at radius 3 is 2.47 bits per heavy atom. The Hall–Kier alpha value is -1.37. The number of benzene rings is 1. The van der Waals surface area contributed by atoms with E-state index in [0.29, 0.717) is 0 Å². The van der Waals surface area contributed by atoms with Crippen molar-refractivity contribution in [1.29, 1.82) is 0 Å². The Balaban J connectivity index is 2.68. The van der Waals surface area contributed by atoms with Crippen molar-refractivity contribution in [2.75, 3.05) is 0 Å². The van der Waals surface area contributed by atoms with Gasteiger partial charge in [0, 0.05) is 11.6 Å². The Morgan fingerprint density at radius 1 is 1.07 bits per heavy atom. The van der Waals surface area contributed by atoms with Gasteiger partial charge < -0.3 is 0 Å². The molecule has 1 nitrogen and oxygen atoms in total. The second-order valence-corrected chi connectivity index (χ2v) is 5.11. The maximum Gasteiger partial charge on any atom is 0.0707 e. The Labute approximate surface area is 91.2 Å². The second kappa shape index (κ2) is 3.34. The molecule has 1 aromatic heterocycles. The summed E-state index contributed by atoms with van der Waals surface area (Å²) in [5.74, 6) is 0. The average molecular weight is 199 g/mol. The van der Waals surface area contributed by atoms with Crippen molar-refractivity contribution >= 4 is 10.9 Å². The van der Waals surface area contributed by atoms with E-state index in [2.05, 4.69) is 56.9 Å². The molecule has 2 aromatic rings. The van der Waals surface area contributed by atoms with Gasteiger partial charge in [0.2, 0.25) is 0 Å². The van der Waals surface area contributed by atoms with Crippen molar-refractivity contribution in [3.8, 4) is 0 Å². The molecule has 0 atom stereocenters. The van der Waals surface area contributed by atoms with Crippen LogP contribution in [0.1, 0.15) is 31.9 Å². The third kappa shape index (κ3) is 1.87. The molecule has 1 heteroatoms. The summed E-state index contributed by atoms with van der Waals surface area (Å²) in [6.45, 7) is 8.80. The van der Waals surface area contributed by atoms with Crippen LogP contribution in [0.2, 0.25) is 0 Å². The summed E-state index contributed by atoms with van der Waals surface area (Å²) in [6, 6.07) is 8.64. The molecule has 0 N–H and O–H groups in total. The summed E-state index contributed by atoms with van der Waals surface area (Å²) in [5.41, 5.74) is 3.93. The van der Waals surface area contributed by atoms with E-state index in [9.17, 15) is 0 Å². The fraction of sp³-hybridized carbons (Fsp3) is 0.357. The highest BCUT2D eigenvalue weighted by molar-refractivity contribution is 5.82. The molecule has 78 valence electrons. The van der Waals surface area contributed by atoms with Crippen molar-refractivity contribution in [1.82, 2.24) is 4.98 Å². The van der Waals surface area contributed by atoms with Gasteiger partial charge in [-0.25, -0.2) is 0 Å². The maximum atomic E-state index is 4.42. The van der Waals surface area contributed by atoms with Crippen molar-refractivity contribution in [3.05, 3.63) is 41.6 Å². The molecule has 2 rings (SSSR count). The van der Waals surface area contributed by atoms with Crippen molar-refractivity contribution in [3.63, 3.8) is 0 Å². The van der Waals surface area contributed by atoms with E-state index < -0.39 is 0 Å². The first-order valence-corrected chi connectivity index (χ1v) is 5.34. The van der Waals surface area contributed by atoms with E-state index in [0.717, 1.165) is 5.52 Å². The summed E-state index contributed by atoms with van der Waals surface area (Å²) in [5, 5.41) is 1.26. The molecule has 1 heterocycles. The zero-order valence-electron chi connectivity index (χ0n) is 9.83. The monoisotopic (exact) mass is 199 g/mol. The number of aryl methyl sites for hydroxylation is 1. The van der Waals surface area contributed by atoms with Crippen LogP contribution in [0.15, 0.2) is 30.5 Å². The van der Waals surface area contributed by atoms with Gasteiger partial charge in [-0.2, -0.15) is 0 Å². The number of fused-ring (bicyclic) bond motifs is 1. The molecule has 0 spiro atoms. The molecule has 0 bridgehead atoms. The van der Waals surface area contributed by atoms with E-state index in [1.807, 2.05) is 6.20 Å². The third-order valence-corrected chi connectivity index (χ3v) is 2.83. The largest absolute Gasteiger partial charge is 0.256 e. The van der Waals surface area contributed by atoms with Gasteiger partial charge in [0.05, 0.1) is 5.52 Å². The summed E-state index contributed by atoms with van der Waals surface area (Å²) >= 11 is 0. The standard InChI is InChI=1S/C14H17N/c1-10-7-8-15-13-9-11(14(2,3)4)5-6-12(10)13/h5-9H,1-4H3. The quantitative estimate of drug-likeness (QED) is 0.628. The number of aromatic nitrogens is 1. The molecule has 1 aromatic carbocycles. The first-order valence-electron chi connectivity index (χ1n) is 5.34. The molecule has 0 radical (unpaired) electrons. The number of hydrogen-bond acceptors (Lipinski definition) is 1. The first kappa shape index (κ1) is 10.2. The lowest BCUT2D eigenvalue weighted by molar-refractivity contribution is 0.591. The first-order chi connectivity index (χ1) is 6.98. The zero-order valence-corrected chi connectivity index (χ0v) is 9.83. The summed E-state index contributed by atoms with van der Waals surface area (Å²) in [6.07, 6.45) is 1.88. The SMILES string of the molecule is Cc1ccnc2cc(C(C)(C)C)ccc12. The van der Waals surface area contributed by atoms with Gasteiger partial charge in [-0.1, -0.05) is 32.9 Å². The van der Waals surface area contributed by atoms with Crippen LogP contribution in [0, 0.1) is 6.92 Å². The van der Waals surface area contributed by atoms with Gasteiger partial charge in [0.25, 0.3) is 0 Å². The number of nitrogens with zero attached hydrogens (tertiary/aromatic N) is 1. The van der Waals surface area contributed by atoms with Crippen LogP contribution < -0.4 is 0 Å². The van der Waals surface area contributed by atoms with Gasteiger partial charge in [-0.3, -0.25) is 4.98 Å². The van der Waals surface area contributed by atoms with Gasteiger partial charge >= 0.3 is 0 Å². The van der Waals surface area contributed by atoms with E-state index in [4.69, 9.17) is 0 Å². The Kier molecular flexibility index (Phi) is 2.26. The van der Waals surface area contributed by atoms with Crippen LogP contribution in [0.5, 0.6) is 0 Å². The number of rotatable bonds is 0. The molecule has 0 aliphatic carbocycles. The highest BCUT2D eigenvalue weighted by Crippen LogP contribution is 2.26. The fourth-order valence-electron chi connectivity index (χ4n) is 1.76. The maximum absolute atomic E-state index is 4.42. The Bertz CT molecular complexity index is 492. The predicted molar refractivity (Wildman–Crippen MR) is 65.2 cm³/mol. The van der Waals surface area contributed by atoms with Crippen LogP contribution in [0.3, 0.4) is 0 Å². The topological polar surface area (TPSA) is 12.9 Å². The van der Waals surface area contributed by atoms with E-state index in [1.54, 1.807) is 0 Å². The Morgan fingerprint density at radius 2 is 1.80 bits per heavy atom. The van der Waals surface area contributed by atoms with Crippen LogP contribution >= 0.6 is 0 Å². The molecule has 0 fully saturated rings. The summed E-state index contributed by atoms with van der Waals surface area (Å²) in [4.78, 5) is 4.42. The highest BCUT2D eigenvalue weighted by atomic mass is 14.6. The third-order valence-electron chi connectivity index (χ3n) is 2.83. The normalized spacial score (nSPS) is 12.0. The van der Waals surface area contributed by atoms with Crippen LogP contribution in [0.25, 0.3) is 10.9 Å². The lowest BCUT2D eigenvalue weighted by Crippen LogP contribution is -2.10. The highest BCUT2D eigenvalue weighted by Gasteiger charge is 2.14. The van der Waals surface area contributed by atoms with Gasteiger partial charge in [0.1, 0.15) is 0 Å².